The van der Waals surface area contributed by atoms with E-state index in [-0.39, 0.29) is 5.63 Å². The number of hydrogen-bond acceptors (Lipinski definition) is 6. The van der Waals surface area contributed by atoms with E-state index in [2.05, 4.69) is 0 Å². The third kappa shape index (κ3) is 2.48. The quantitative estimate of drug-likeness (QED) is 0.503. The summed E-state index contributed by atoms with van der Waals surface area (Å²) in [6, 6.07) is 11.2. The van der Waals surface area contributed by atoms with Crippen LogP contribution in [0.2, 0.25) is 0 Å². The molecule has 6 heteroatoms. The number of benzene rings is 2. The van der Waals surface area contributed by atoms with Gasteiger partial charge in [0, 0.05) is 10.9 Å². The van der Waals surface area contributed by atoms with Gasteiger partial charge < -0.3 is 18.8 Å². The number of methoxy groups -OCH3 is 1. The van der Waals surface area contributed by atoms with Crippen LogP contribution < -0.4 is 15.3 Å². The molecule has 142 valence electrons. The van der Waals surface area contributed by atoms with Crippen LogP contribution in [-0.2, 0) is 24.1 Å². The molecule has 0 radical (unpaired) electrons. The summed E-state index contributed by atoms with van der Waals surface area (Å²) >= 11 is 0. The number of rotatable bonds is 2. The summed E-state index contributed by atoms with van der Waals surface area (Å²) in [5.41, 5.74) is 4.26. The van der Waals surface area contributed by atoms with Crippen molar-refractivity contribution in [1.29, 1.82) is 0 Å². The van der Waals surface area contributed by atoms with E-state index in [0.29, 0.717) is 30.2 Å². The van der Waals surface area contributed by atoms with E-state index < -0.39 is 5.97 Å². The lowest BCUT2D eigenvalue weighted by Gasteiger charge is -2.32. The lowest BCUT2D eigenvalue weighted by molar-refractivity contribution is 0.0601. The van der Waals surface area contributed by atoms with Crippen LogP contribution in [0, 0.1) is 0 Å². The predicted octanol–water partition coefficient (Wildman–Crippen LogP) is 3.42. The molecule has 0 amide bonds. The maximum absolute atomic E-state index is 12.5. The van der Waals surface area contributed by atoms with Gasteiger partial charge in [0.15, 0.2) is 6.73 Å². The van der Waals surface area contributed by atoms with Gasteiger partial charge in [0.2, 0.25) is 0 Å². The van der Waals surface area contributed by atoms with Gasteiger partial charge >= 0.3 is 11.6 Å². The second kappa shape index (κ2) is 6.41. The average Bonchev–Trinajstić information content (AvgIpc) is 3.24. The molecule has 28 heavy (non-hydrogen) atoms. The smallest absolute Gasteiger partial charge is 0.339 e. The van der Waals surface area contributed by atoms with Gasteiger partial charge in [-0.1, -0.05) is 12.1 Å². The highest BCUT2D eigenvalue weighted by Crippen LogP contribution is 2.37. The number of carbonyl (C=O) groups excluding carboxylic acids is 1. The molecule has 0 saturated heterocycles. The molecular formula is C22H19NO5. The summed E-state index contributed by atoms with van der Waals surface area (Å²) in [4.78, 5) is 26.6. The molecule has 0 atom stereocenters. The van der Waals surface area contributed by atoms with Crippen molar-refractivity contribution in [2.24, 2.45) is 0 Å². The van der Waals surface area contributed by atoms with Crippen LogP contribution in [-0.4, -0.2) is 19.8 Å². The van der Waals surface area contributed by atoms with Crippen molar-refractivity contribution >= 4 is 22.6 Å². The van der Waals surface area contributed by atoms with Crippen LogP contribution in [0.1, 0.15) is 33.5 Å². The molecule has 1 aliphatic heterocycles. The lowest BCUT2D eigenvalue weighted by atomic mass is 10.0. The number of hydrogen-bond donors (Lipinski definition) is 0. The number of fused-ring (bicyclic) bond motifs is 5. The Bertz CT molecular complexity index is 1160. The minimum Gasteiger partial charge on any atom is -0.473 e. The first-order valence-corrected chi connectivity index (χ1v) is 9.33. The molecule has 2 heterocycles. The van der Waals surface area contributed by atoms with Gasteiger partial charge in [0.25, 0.3) is 0 Å². The van der Waals surface area contributed by atoms with E-state index in [0.717, 1.165) is 47.0 Å². The number of aryl methyl sites for hydroxylation is 1. The van der Waals surface area contributed by atoms with Gasteiger partial charge in [0.05, 0.1) is 30.5 Å². The molecule has 2 aliphatic rings. The zero-order valence-corrected chi connectivity index (χ0v) is 15.5. The van der Waals surface area contributed by atoms with E-state index in [4.69, 9.17) is 13.9 Å². The Hall–Kier alpha value is -3.28. The molecule has 6 nitrogen and oxygen atoms in total. The summed E-state index contributed by atoms with van der Waals surface area (Å²) in [6.45, 7) is 0.768. The number of ether oxygens (including phenoxy) is 2. The van der Waals surface area contributed by atoms with Crippen LogP contribution in [0.4, 0.5) is 5.69 Å². The first kappa shape index (κ1) is 16.9. The summed E-state index contributed by atoms with van der Waals surface area (Å²) in [6.07, 6.45) is 2.65. The summed E-state index contributed by atoms with van der Waals surface area (Å²) in [5, 5.41) is 0.984. The van der Waals surface area contributed by atoms with Crippen molar-refractivity contribution < 1.29 is 18.7 Å². The largest absolute Gasteiger partial charge is 0.473 e. The molecule has 0 N–H and O–H groups in total. The molecule has 0 unspecified atom stereocenters. The van der Waals surface area contributed by atoms with Crippen molar-refractivity contribution in [1.82, 2.24) is 0 Å². The Morgan fingerprint density at radius 2 is 1.89 bits per heavy atom. The lowest BCUT2D eigenvalue weighted by Crippen LogP contribution is -2.33. The Morgan fingerprint density at radius 3 is 2.75 bits per heavy atom. The fraction of sp³-hybridized carbons (Fsp3) is 0.273. The maximum atomic E-state index is 12.5. The summed E-state index contributed by atoms with van der Waals surface area (Å²) in [5.74, 6) is 0.309. The monoisotopic (exact) mass is 377 g/mol. The first-order chi connectivity index (χ1) is 13.7. The highest BCUT2D eigenvalue weighted by atomic mass is 16.5. The number of nitrogens with zero attached hydrogens (tertiary/aromatic N) is 1. The van der Waals surface area contributed by atoms with Crippen LogP contribution >= 0.6 is 0 Å². The fourth-order valence-electron chi connectivity index (χ4n) is 4.24. The predicted molar refractivity (Wildman–Crippen MR) is 104 cm³/mol. The Morgan fingerprint density at radius 1 is 1.07 bits per heavy atom. The van der Waals surface area contributed by atoms with Crippen molar-refractivity contribution in [3.8, 4) is 5.75 Å². The molecule has 1 aromatic heterocycles. The molecule has 0 bridgehead atoms. The number of anilines is 1. The fourth-order valence-corrected chi connectivity index (χ4v) is 4.24. The summed E-state index contributed by atoms with van der Waals surface area (Å²) in [7, 11) is 1.36. The van der Waals surface area contributed by atoms with E-state index in [1.807, 2.05) is 29.2 Å². The zero-order chi connectivity index (χ0) is 19.3. The standard InChI is InChI=1S/C22H19NO5/c1-26-21(24)16-5-2-3-8-18(16)23-11-17-19(27-12-23)10-9-14-13-6-4-7-15(13)22(25)28-20(14)17/h2-3,5,8-10H,4,6-7,11-12H2,1H3. The number of para-hydroxylation sites is 1. The Balaban J connectivity index is 1.63. The molecule has 0 spiro atoms. The maximum Gasteiger partial charge on any atom is 0.339 e. The van der Waals surface area contributed by atoms with Crippen LogP contribution in [0.5, 0.6) is 5.75 Å². The highest BCUT2D eigenvalue weighted by Gasteiger charge is 2.27. The third-order valence-corrected chi connectivity index (χ3v) is 5.58. The van der Waals surface area contributed by atoms with Crippen LogP contribution in [0.3, 0.4) is 0 Å². The van der Waals surface area contributed by atoms with Gasteiger partial charge in [-0.05, 0) is 49.1 Å². The Labute approximate surface area is 161 Å². The van der Waals surface area contributed by atoms with Crippen molar-refractivity contribution in [2.75, 3.05) is 18.7 Å². The Kier molecular flexibility index (Phi) is 3.86. The van der Waals surface area contributed by atoms with Gasteiger partial charge in [-0.15, -0.1) is 0 Å². The zero-order valence-electron chi connectivity index (χ0n) is 15.5. The average molecular weight is 377 g/mol. The second-order valence-corrected chi connectivity index (χ2v) is 7.10. The molecule has 5 rings (SSSR count). The van der Waals surface area contributed by atoms with E-state index in [1.54, 1.807) is 12.1 Å². The topological polar surface area (TPSA) is 69.0 Å². The van der Waals surface area contributed by atoms with Crippen molar-refractivity contribution in [2.45, 2.75) is 25.8 Å². The minimum absolute atomic E-state index is 0.250. The number of esters is 1. The molecule has 0 saturated carbocycles. The molecule has 2 aromatic carbocycles. The normalized spacial score (nSPS) is 15.1. The third-order valence-electron chi connectivity index (χ3n) is 5.58. The number of carbonyl (C=O) groups is 1. The molecule has 3 aromatic rings. The molecule has 1 aliphatic carbocycles. The van der Waals surface area contributed by atoms with Crippen LogP contribution in [0.15, 0.2) is 45.6 Å². The van der Waals surface area contributed by atoms with E-state index >= 15 is 0 Å². The van der Waals surface area contributed by atoms with Crippen molar-refractivity contribution in [3.63, 3.8) is 0 Å². The van der Waals surface area contributed by atoms with Crippen molar-refractivity contribution in [3.05, 3.63) is 69.1 Å². The van der Waals surface area contributed by atoms with E-state index in [9.17, 15) is 9.59 Å². The first-order valence-electron chi connectivity index (χ1n) is 9.33. The molecule has 0 fully saturated rings. The molecular weight excluding hydrogens is 358 g/mol. The second-order valence-electron chi connectivity index (χ2n) is 7.10. The highest BCUT2D eigenvalue weighted by molar-refractivity contribution is 5.96. The summed E-state index contributed by atoms with van der Waals surface area (Å²) < 4.78 is 16.6. The van der Waals surface area contributed by atoms with Gasteiger partial charge in [-0.2, -0.15) is 0 Å². The SMILES string of the molecule is COC(=O)c1ccccc1N1COc2ccc3c4c(c(=O)oc3c2C1)CCC4. The van der Waals surface area contributed by atoms with Crippen LogP contribution in [0.25, 0.3) is 11.0 Å². The minimum atomic E-state index is -0.399. The van der Waals surface area contributed by atoms with Gasteiger partial charge in [-0.25, -0.2) is 9.59 Å². The van der Waals surface area contributed by atoms with Gasteiger partial charge in [-0.3, -0.25) is 0 Å². The van der Waals surface area contributed by atoms with Gasteiger partial charge in [0.1, 0.15) is 11.3 Å². The van der Waals surface area contributed by atoms with E-state index in [1.165, 1.54) is 7.11 Å².